The lowest BCUT2D eigenvalue weighted by molar-refractivity contribution is -0.151. The summed E-state index contributed by atoms with van der Waals surface area (Å²) in [6.45, 7) is 0.159. The van der Waals surface area contributed by atoms with Crippen LogP contribution in [0.4, 0.5) is 0 Å². The molecule has 124 valence electrons. The number of ketones is 1. The van der Waals surface area contributed by atoms with Crippen molar-refractivity contribution in [3.63, 3.8) is 0 Å². The topological polar surface area (TPSA) is 130 Å². The standard InChI is InChI=1S/C15H17NO7/c17-12(15(21)22)8-11(14(19)20)6-7-13(18)16-23-9-10-4-2-1-3-5-10/h1-5,11H,6-9H2,(H,16,18)(H,19,20)(H,21,22). The van der Waals surface area contributed by atoms with Crippen molar-refractivity contribution in [1.29, 1.82) is 0 Å². The van der Waals surface area contributed by atoms with E-state index >= 15 is 0 Å². The van der Waals surface area contributed by atoms with Gasteiger partial charge in [-0.1, -0.05) is 30.3 Å². The summed E-state index contributed by atoms with van der Waals surface area (Å²) in [5.74, 6) is -5.98. The van der Waals surface area contributed by atoms with E-state index in [1.807, 2.05) is 30.3 Å². The Bertz CT molecular complexity index is 570. The van der Waals surface area contributed by atoms with E-state index in [1.165, 1.54) is 0 Å². The summed E-state index contributed by atoms with van der Waals surface area (Å²) in [7, 11) is 0. The van der Waals surface area contributed by atoms with Crippen molar-refractivity contribution in [3.8, 4) is 0 Å². The van der Waals surface area contributed by atoms with Gasteiger partial charge in [-0.05, 0) is 12.0 Å². The monoisotopic (exact) mass is 323 g/mol. The van der Waals surface area contributed by atoms with Crippen LogP contribution in [0.15, 0.2) is 30.3 Å². The fourth-order valence-electron chi connectivity index (χ4n) is 1.75. The lowest BCUT2D eigenvalue weighted by Gasteiger charge is -2.10. The number of hydrogen-bond acceptors (Lipinski definition) is 5. The van der Waals surface area contributed by atoms with Crippen LogP contribution in [-0.2, 0) is 30.6 Å². The molecule has 0 radical (unpaired) electrons. The van der Waals surface area contributed by atoms with Gasteiger partial charge < -0.3 is 10.2 Å². The Hall–Kier alpha value is -2.74. The average molecular weight is 323 g/mol. The quantitative estimate of drug-likeness (QED) is 0.428. The SMILES string of the molecule is O=C(CCC(CC(=O)C(=O)O)C(=O)O)NOCc1ccccc1. The van der Waals surface area contributed by atoms with Crippen LogP contribution >= 0.6 is 0 Å². The number of aliphatic carboxylic acids is 2. The summed E-state index contributed by atoms with van der Waals surface area (Å²) in [4.78, 5) is 49.0. The number of carboxylic acids is 2. The van der Waals surface area contributed by atoms with Gasteiger partial charge in [-0.2, -0.15) is 0 Å². The van der Waals surface area contributed by atoms with Gasteiger partial charge in [0.2, 0.25) is 11.7 Å². The van der Waals surface area contributed by atoms with Gasteiger partial charge in [-0.25, -0.2) is 10.3 Å². The molecule has 0 aliphatic carbocycles. The van der Waals surface area contributed by atoms with Gasteiger partial charge in [0.15, 0.2) is 0 Å². The highest BCUT2D eigenvalue weighted by Crippen LogP contribution is 2.12. The Morgan fingerprint density at radius 2 is 1.74 bits per heavy atom. The molecular weight excluding hydrogens is 306 g/mol. The Balaban J connectivity index is 2.33. The van der Waals surface area contributed by atoms with Crippen LogP contribution in [0, 0.1) is 5.92 Å². The molecule has 8 nitrogen and oxygen atoms in total. The molecule has 0 aliphatic rings. The summed E-state index contributed by atoms with van der Waals surface area (Å²) in [6, 6.07) is 9.09. The van der Waals surface area contributed by atoms with Crippen LogP contribution in [0.25, 0.3) is 0 Å². The van der Waals surface area contributed by atoms with E-state index in [2.05, 4.69) is 5.48 Å². The molecule has 0 saturated carbocycles. The minimum atomic E-state index is -1.69. The lowest BCUT2D eigenvalue weighted by Crippen LogP contribution is -2.27. The first kappa shape index (κ1) is 18.3. The second-order valence-electron chi connectivity index (χ2n) is 4.81. The number of benzene rings is 1. The van der Waals surface area contributed by atoms with Gasteiger partial charge in [0.25, 0.3) is 0 Å². The predicted molar refractivity (Wildman–Crippen MR) is 77.0 cm³/mol. The number of Topliss-reactive ketones (excluding diaryl/α,β-unsaturated/α-hetero) is 1. The molecular formula is C15H17NO7. The third-order valence-corrected chi connectivity index (χ3v) is 3.01. The van der Waals surface area contributed by atoms with E-state index in [4.69, 9.17) is 15.1 Å². The van der Waals surface area contributed by atoms with Gasteiger partial charge in [0, 0.05) is 12.8 Å². The first-order valence-electron chi connectivity index (χ1n) is 6.83. The molecule has 0 spiro atoms. The maximum Gasteiger partial charge on any atom is 0.372 e. The molecule has 0 aliphatic heterocycles. The second-order valence-corrected chi connectivity index (χ2v) is 4.81. The molecule has 0 fully saturated rings. The molecule has 0 aromatic heterocycles. The number of hydroxylamine groups is 1. The van der Waals surface area contributed by atoms with Crippen LogP contribution in [-0.4, -0.2) is 33.8 Å². The maximum absolute atomic E-state index is 11.5. The molecule has 1 aromatic rings. The summed E-state index contributed by atoms with van der Waals surface area (Å²) in [5.41, 5.74) is 3.02. The summed E-state index contributed by atoms with van der Waals surface area (Å²) in [6.07, 6.45) is -1.00. The lowest BCUT2D eigenvalue weighted by atomic mass is 9.97. The maximum atomic E-state index is 11.5. The predicted octanol–water partition coefficient (Wildman–Crippen LogP) is 0.759. The van der Waals surface area contributed by atoms with Crippen molar-refractivity contribution in [2.45, 2.75) is 25.9 Å². The smallest absolute Gasteiger partial charge is 0.372 e. The van der Waals surface area contributed by atoms with Gasteiger partial charge >= 0.3 is 11.9 Å². The Morgan fingerprint density at radius 1 is 1.09 bits per heavy atom. The Kier molecular flexibility index (Phi) is 7.41. The first-order valence-corrected chi connectivity index (χ1v) is 6.83. The third kappa shape index (κ3) is 7.18. The molecule has 23 heavy (non-hydrogen) atoms. The van der Waals surface area contributed by atoms with Crippen molar-refractivity contribution in [2.75, 3.05) is 0 Å². The average Bonchev–Trinajstić information content (AvgIpc) is 2.51. The highest BCUT2D eigenvalue weighted by atomic mass is 16.6. The molecule has 1 rings (SSSR count). The van der Waals surface area contributed by atoms with Crippen molar-refractivity contribution < 1.29 is 34.2 Å². The summed E-state index contributed by atoms with van der Waals surface area (Å²) < 4.78 is 0. The van der Waals surface area contributed by atoms with Gasteiger partial charge in [-0.3, -0.25) is 19.2 Å². The number of carbonyl (C=O) groups is 4. The number of rotatable bonds is 10. The molecule has 0 heterocycles. The molecule has 1 unspecified atom stereocenters. The summed E-state index contributed by atoms with van der Waals surface area (Å²) in [5, 5.41) is 17.4. The largest absolute Gasteiger partial charge is 0.481 e. The Labute approximate surface area is 132 Å². The number of hydrogen-bond donors (Lipinski definition) is 3. The fourth-order valence-corrected chi connectivity index (χ4v) is 1.75. The molecule has 0 bridgehead atoms. The number of carboxylic acid groups (broad SMARTS) is 2. The Morgan fingerprint density at radius 3 is 2.30 bits per heavy atom. The molecule has 1 atom stereocenters. The third-order valence-electron chi connectivity index (χ3n) is 3.01. The fraction of sp³-hybridized carbons (Fsp3) is 0.333. The van der Waals surface area contributed by atoms with Crippen LogP contribution in [0.2, 0.25) is 0 Å². The normalized spacial score (nSPS) is 11.5. The minimum absolute atomic E-state index is 0.158. The van der Waals surface area contributed by atoms with Gasteiger partial charge in [0.05, 0.1) is 12.5 Å². The van der Waals surface area contributed by atoms with E-state index in [0.29, 0.717) is 0 Å². The summed E-state index contributed by atoms with van der Waals surface area (Å²) >= 11 is 0. The van der Waals surface area contributed by atoms with E-state index in [1.54, 1.807) is 0 Å². The second kappa shape index (κ2) is 9.31. The van der Waals surface area contributed by atoms with E-state index in [-0.39, 0.29) is 19.4 Å². The molecule has 0 saturated heterocycles. The molecule has 8 heteroatoms. The van der Waals surface area contributed by atoms with E-state index < -0.39 is 36.0 Å². The number of nitrogens with one attached hydrogen (secondary N) is 1. The van der Waals surface area contributed by atoms with Crippen molar-refractivity contribution in [2.24, 2.45) is 5.92 Å². The van der Waals surface area contributed by atoms with Crippen molar-refractivity contribution >= 4 is 23.6 Å². The zero-order valence-corrected chi connectivity index (χ0v) is 12.2. The van der Waals surface area contributed by atoms with Crippen molar-refractivity contribution in [1.82, 2.24) is 5.48 Å². The van der Waals surface area contributed by atoms with E-state index in [0.717, 1.165) is 5.56 Å². The minimum Gasteiger partial charge on any atom is -0.481 e. The molecule has 3 N–H and O–H groups in total. The zero-order chi connectivity index (χ0) is 17.2. The van der Waals surface area contributed by atoms with Gasteiger partial charge in [-0.15, -0.1) is 0 Å². The number of carbonyl (C=O) groups excluding carboxylic acids is 2. The van der Waals surface area contributed by atoms with Crippen LogP contribution in [0.5, 0.6) is 0 Å². The van der Waals surface area contributed by atoms with E-state index in [9.17, 15) is 19.2 Å². The highest BCUT2D eigenvalue weighted by molar-refractivity contribution is 6.33. The first-order chi connectivity index (χ1) is 10.9. The number of amides is 1. The highest BCUT2D eigenvalue weighted by Gasteiger charge is 2.25. The van der Waals surface area contributed by atoms with Crippen LogP contribution in [0.3, 0.4) is 0 Å². The van der Waals surface area contributed by atoms with Crippen LogP contribution in [0.1, 0.15) is 24.8 Å². The zero-order valence-electron chi connectivity index (χ0n) is 12.2. The molecule has 1 amide bonds. The van der Waals surface area contributed by atoms with Crippen LogP contribution < -0.4 is 5.48 Å². The molecule has 1 aromatic carbocycles. The van der Waals surface area contributed by atoms with Crippen molar-refractivity contribution in [3.05, 3.63) is 35.9 Å². The van der Waals surface area contributed by atoms with Gasteiger partial charge in [0.1, 0.15) is 0 Å².